The second-order valence-corrected chi connectivity index (χ2v) is 15.6. The zero-order valence-electron chi connectivity index (χ0n) is 33.1. The summed E-state index contributed by atoms with van der Waals surface area (Å²) in [7, 11) is 8.09. The lowest BCUT2D eigenvalue weighted by molar-refractivity contribution is -0.155. The van der Waals surface area contributed by atoms with E-state index in [0.717, 1.165) is 51.6 Å². The summed E-state index contributed by atoms with van der Waals surface area (Å²) in [6.45, 7) is 4.23. The molecule has 4 unspecified atom stereocenters. The van der Waals surface area contributed by atoms with Crippen molar-refractivity contribution >= 4 is 46.8 Å². The van der Waals surface area contributed by atoms with Crippen molar-refractivity contribution in [2.45, 2.75) is 87.9 Å². The van der Waals surface area contributed by atoms with Gasteiger partial charge in [0.15, 0.2) is 5.78 Å². The molecule has 16 heteroatoms. The molecule has 2 aromatic carbocycles. The number of benzene rings is 2. The molecule has 2 heterocycles. The smallest absolute Gasteiger partial charge is 0.315 e. The van der Waals surface area contributed by atoms with E-state index in [1.54, 1.807) is 24.3 Å². The van der Waals surface area contributed by atoms with Gasteiger partial charge in [-0.2, -0.15) is 10.2 Å². The molecule has 16 nitrogen and oxygen atoms in total. The molecule has 1 saturated carbocycles. The zero-order chi connectivity index (χ0) is 40.5. The largest absolute Gasteiger partial charge is 0.352 e. The summed E-state index contributed by atoms with van der Waals surface area (Å²) >= 11 is 0. The van der Waals surface area contributed by atoms with E-state index in [1.807, 2.05) is 28.2 Å². The summed E-state index contributed by atoms with van der Waals surface area (Å²) in [5, 5.41) is 26.0. The molecule has 6 amide bonds. The fourth-order valence-electron chi connectivity index (χ4n) is 7.67. The number of anilines is 1. The lowest BCUT2D eigenvalue weighted by Gasteiger charge is -2.57. The van der Waals surface area contributed by atoms with Gasteiger partial charge in [0.25, 0.3) is 23.6 Å². The van der Waals surface area contributed by atoms with Crippen LogP contribution >= 0.6 is 0 Å². The van der Waals surface area contributed by atoms with E-state index < -0.39 is 28.7 Å². The number of rotatable bonds is 19. The molecule has 302 valence electrons. The molecule has 1 spiro atoms. The first-order chi connectivity index (χ1) is 26.7. The first-order valence-electron chi connectivity index (χ1n) is 19.5. The van der Waals surface area contributed by atoms with E-state index in [2.05, 4.69) is 51.9 Å². The van der Waals surface area contributed by atoms with Crippen molar-refractivity contribution in [2.24, 2.45) is 10.2 Å². The molecule has 2 aromatic rings. The minimum absolute atomic E-state index is 0.0877. The number of hydrogen-bond donors (Lipinski definition) is 6. The maximum absolute atomic E-state index is 13.4. The summed E-state index contributed by atoms with van der Waals surface area (Å²) in [4.78, 5) is 82.1. The molecule has 56 heavy (non-hydrogen) atoms. The number of hydrogen-bond acceptors (Lipinski definition) is 10. The standard InChI is InChI=1S/C40H56N10O6/c1-26(51)40(37(55)46-39(40)17-16-32-33(25-39)45-38(56)44-32)48-47-30-14-12-27(13-15-30)36(54)43-31-23-28(34(52)41-18-8-6-10-20-49(2)3)22-29(24-31)35(53)42-19-9-7-11-21-50(4)5/h12-15,22-24,32-33H,6-11,16-21,25H2,1-5H3,(H,41,52)(H,42,53)(H,43,54)(H,46,55)(H2,44,45,56). The minimum Gasteiger partial charge on any atom is -0.352 e. The molecule has 0 aromatic heterocycles. The van der Waals surface area contributed by atoms with Crippen LogP contribution in [0.15, 0.2) is 52.7 Å². The first kappa shape index (κ1) is 41.9. The molecular weight excluding hydrogens is 717 g/mol. The quantitative estimate of drug-likeness (QED) is 0.0539. The minimum atomic E-state index is -1.74. The van der Waals surface area contributed by atoms with Gasteiger partial charge in [-0.15, -0.1) is 0 Å². The number of Topliss-reactive ketones (excluding diaryl/α,β-unsaturated/α-hetero) is 1. The Morgan fingerprint density at radius 1 is 0.750 bits per heavy atom. The van der Waals surface area contributed by atoms with Crippen LogP contribution in [0.3, 0.4) is 0 Å². The van der Waals surface area contributed by atoms with Crippen LogP contribution in [0, 0.1) is 0 Å². The third kappa shape index (κ3) is 9.95. The van der Waals surface area contributed by atoms with E-state index >= 15 is 0 Å². The fraction of sp³-hybridized carbons (Fsp3) is 0.550. The molecule has 3 fully saturated rings. The van der Waals surface area contributed by atoms with Gasteiger partial charge in [0, 0.05) is 35.5 Å². The maximum Gasteiger partial charge on any atom is 0.315 e. The molecule has 6 N–H and O–H groups in total. The number of urea groups is 1. The van der Waals surface area contributed by atoms with E-state index in [0.29, 0.717) is 38.0 Å². The Balaban J connectivity index is 1.26. The molecule has 2 aliphatic heterocycles. The normalized spacial score (nSPS) is 22.6. The average Bonchev–Trinajstić information content (AvgIpc) is 3.53. The molecule has 5 rings (SSSR count). The number of β-lactam (4-membered cyclic amide) rings is 1. The Hall–Kier alpha value is -5.22. The SMILES string of the molecule is CC(=O)C1(N=Nc2ccc(C(=O)Nc3cc(C(=O)NCCCCCN(C)C)cc(C(=O)NCCCCCN(C)C)c3)cc2)C(=O)NC12CCC1NC(=O)NC1C2. The van der Waals surface area contributed by atoms with E-state index in [1.165, 1.54) is 25.1 Å². The van der Waals surface area contributed by atoms with Gasteiger partial charge in [-0.1, -0.05) is 12.8 Å². The van der Waals surface area contributed by atoms with Crippen LogP contribution in [0.25, 0.3) is 0 Å². The molecule has 4 atom stereocenters. The van der Waals surface area contributed by atoms with Gasteiger partial charge in [-0.05, 0) is 136 Å². The zero-order valence-corrected chi connectivity index (χ0v) is 33.1. The number of carbonyl (C=O) groups is 6. The molecular formula is C40H56N10O6. The van der Waals surface area contributed by atoms with Gasteiger partial charge in [-0.25, -0.2) is 4.79 Å². The van der Waals surface area contributed by atoms with E-state index in [-0.39, 0.29) is 52.3 Å². The maximum atomic E-state index is 13.4. The Labute approximate surface area is 328 Å². The van der Waals surface area contributed by atoms with Crippen LogP contribution in [0.5, 0.6) is 0 Å². The third-order valence-corrected chi connectivity index (χ3v) is 10.7. The predicted molar refractivity (Wildman–Crippen MR) is 212 cm³/mol. The predicted octanol–water partition coefficient (Wildman–Crippen LogP) is 3.38. The van der Waals surface area contributed by atoms with Crippen LogP contribution < -0.4 is 31.9 Å². The molecule has 0 radical (unpaired) electrons. The number of ketones is 1. The third-order valence-electron chi connectivity index (χ3n) is 10.7. The topological polar surface area (TPSA) is 206 Å². The summed E-state index contributed by atoms with van der Waals surface area (Å²) in [5.41, 5.74) is -1.34. The highest BCUT2D eigenvalue weighted by atomic mass is 16.2. The van der Waals surface area contributed by atoms with Gasteiger partial charge in [0.05, 0.1) is 23.3 Å². The molecule has 0 bridgehead atoms. The monoisotopic (exact) mass is 772 g/mol. The van der Waals surface area contributed by atoms with Gasteiger partial charge < -0.3 is 41.7 Å². The second-order valence-electron chi connectivity index (χ2n) is 15.6. The summed E-state index contributed by atoms with van der Waals surface area (Å²) in [5.74, 6) is -2.15. The Kier molecular flexibility index (Phi) is 13.9. The van der Waals surface area contributed by atoms with Crippen molar-refractivity contribution in [3.05, 3.63) is 59.2 Å². The van der Waals surface area contributed by atoms with Crippen LogP contribution in [-0.2, 0) is 9.59 Å². The van der Waals surface area contributed by atoms with Crippen LogP contribution in [0.2, 0.25) is 0 Å². The van der Waals surface area contributed by atoms with Crippen molar-refractivity contribution in [1.29, 1.82) is 0 Å². The lowest BCUT2D eigenvalue weighted by atomic mass is 9.58. The van der Waals surface area contributed by atoms with Crippen LogP contribution in [0.4, 0.5) is 16.2 Å². The van der Waals surface area contributed by atoms with Crippen molar-refractivity contribution in [3.63, 3.8) is 0 Å². The van der Waals surface area contributed by atoms with E-state index in [9.17, 15) is 28.8 Å². The van der Waals surface area contributed by atoms with Crippen molar-refractivity contribution in [2.75, 3.05) is 59.7 Å². The molecule has 2 saturated heterocycles. The van der Waals surface area contributed by atoms with Gasteiger partial charge in [0.2, 0.25) is 5.54 Å². The number of nitrogens with one attached hydrogen (secondary N) is 6. The van der Waals surface area contributed by atoms with Crippen molar-refractivity contribution in [1.82, 2.24) is 36.4 Å². The number of fused-ring (bicyclic) bond motifs is 1. The lowest BCUT2D eigenvalue weighted by Crippen LogP contribution is -2.84. The van der Waals surface area contributed by atoms with Gasteiger partial charge in [-0.3, -0.25) is 24.0 Å². The summed E-state index contributed by atoms with van der Waals surface area (Å²) in [6.07, 6.45) is 6.93. The highest BCUT2D eigenvalue weighted by Crippen LogP contribution is 2.47. The molecule has 1 aliphatic carbocycles. The average molecular weight is 773 g/mol. The number of amides is 6. The number of nitrogens with zero attached hydrogens (tertiary/aromatic N) is 4. The Morgan fingerprint density at radius 3 is 1.86 bits per heavy atom. The fourth-order valence-corrected chi connectivity index (χ4v) is 7.67. The number of unbranched alkanes of at least 4 members (excludes halogenated alkanes) is 4. The summed E-state index contributed by atoms with van der Waals surface area (Å²) in [6, 6.07) is 10.2. The number of azo groups is 1. The highest BCUT2D eigenvalue weighted by Gasteiger charge is 2.72. The van der Waals surface area contributed by atoms with Crippen molar-refractivity contribution < 1.29 is 28.8 Å². The highest BCUT2D eigenvalue weighted by molar-refractivity contribution is 6.17. The van der Waals surface area contributed by atoms with Gasteiger partial charge in [0.1, 0.15) is 0 Å². The Bertz CT molecular complexity index is 1750. The van der Waals surface area contributed by atoms with E-state index in [4.69, 9.17) is 0 Å². The van der Waals surface area contributed by atoms with Crippen LogP contribution in [0.1, 0.15) is 95.8 Å². The van der Waals surface area contributed by atoms with Crippen LogP contribution in [-0.4, -0.2) is 123 Å². The Morgan fingerprint density at radius 2 is 1.32 bits per heavy atom. The molecule has 3 aliphatic rings. The second kappa shape index (κ2) is 18.6. The van der Waals surface area contributed by atoms with Gasteiger partial charge >= 0.3 is 6.03 Å². The first-order valence-corrected chi connectivity index (χ1v) is 19.5. The number of carbonyl (C=O) groups excluding carboxylic acids is 6. The van der Waals surface area contributed by atoms with Crippen molar-refractivity contribution in [3.8, 4) is 0 Å². The summed E-state index contributed by atoms with van der Waals surface area (Å²) < 4.78 is 0.